The zero-order valence-electron chi connectivity index (χ0n) is 11.3. The Balaban J connectivity index is 1.76. The fourth-order valence-electron chi connectivity index (χ4n) is 3.33. The van der Waals surface area contributed by atoms with Crippen LogP contribution in [0.25, 0.3) is 0 Å². The first kappa shape index (κ1) is 13.7. The first-order valence-corrected chi connectivity index (χ1v) is 8.51. The molecule has 2 fully saturated rings. The standard InChI is InChI=1S/C14H28N2S/c1-2-17-13-12-16-10-3-4-14(7-11-16)5-8-15-9-6-14/h15H,2-13H2,1H3. The third-order valence-electron chi connectivity index (χ3n) is 4.56. The fourth-order valence-corrected chi connectivity index (χ4v) is 4.00. The summed E-state index contributed by atoms with van der Waals surface area (Å²) in [5.74, 6) is 2.59. The molecule has 0 aromatic rings. The predicted molar refractivity (Wildman–Crippen MR) is 77.8 cm³/mol. The molecule has 0 bridgehead atoms. The molecule has 0 amide bonds. The Morgan fingerprint density at radius 2 is 1.94 bits per heavy atom. The maximum absolute atomic E-state index is 3.51. The zero-order valence-corrected chi connectivity index (χ0v) is 12.2. The minimum atomic E-state index is 0.706. The molecule has 0 aromatic heterocycles. The van der Waals surface area contributed by atoms with Crippen LogP contribution in [0.1, 0.15) is 39.0 Å². The number of rotatable bonds is 4. The summed E-state index contributed by atoms with van der Waals surface area (Å²) < 4.78 is 0. The predicted octanol–water partition coefficient (Wildman–Crippen LogP) is 2.60. The first-order chi connectivity index (χ1) is 8.35. The van der Waals surface area contributed by atoms with Gasteiger partial charge in [0.1, 0.15) is 0 Å². The number of nitrogens with one attached hydrogen (secondary N) is 1. The van der Waals surface area contributed by atoms with E-state index in [1.54, 1.807) is 0 Å². The van der Waals surface area contributed by atoms with E-state index < -0.39 is 0 Å². The van der Waals surface area contributed by atoms with Crippen molar-refractivity contribution in [2.45, 2.75) is 39.0 Å². The lowest BCUT2D eigenvalue weighted by Gasteiger charge is -2.37. The highest BCUT2D eigenvalue weighted by atomic mass is 32.2. The molecule has 0 saturated carbocycles. The van der Waals surface area contributed by atoms with Gasteiger partial charge < -0.3 is 10.2 Å². The van der Waals surface area contributed by atoms with Crippen LogP contribution in [0.3, 0.4) is 0 Å². The molecule has 1 N–H and O–H groups in total. The Morgan fingerprint density at radius 1 is 1.12 bits per heavy atom. The summed E-state index contributed by atoms with van der Waals surface area (Å²) in [7, 11) is 0. The van der Waals surface area contributed by atoms with E-state index in [0.29, 0.717) is 5.41 Å². The highest BCUT2D eigenvalue weighted by Gasteiger charge is 2.33. The maximum Gasteiger partial charge on any atom is 0.00723 e. The van der Waals surface area contributed by atoms with Crippen molar-refractivity contribution in [3.8, 4) is 0 Å². The van der Waals surface area contributed by atoms with Crippen molar-refractivity contribution >= 4 is 11.8 Å². The number of thioether (sulfide) groups is 1. The van der Waals surface area contributed by atoms with E-state index in [4.69, 9.17) is 0 Å². The summed E-state index contributed by atoms with van der Waals surface area (Å²) in [6, 6.07) is 0. The van der Waals surface area contributed by atoms with E-state index in [9.17, 15) is 0 Å². The van der Waals surface area contributed by atoms with Crippen LogP contribution in [-0.2, 0) is 0 Å². The Morgan fingerprint density at radius 3 is 2.71 bits per heavy atom. The Kier molecular flexibility index (Phi) is 5.64. The second-order valence-electron chi connectivity index (χ2n) is 5.64. The maximum atomic E-state index is 3.51. The van der Waals surface area contributed by atoms with Crippen molar-refractivity contribution in [1.29, 1.82) is 0 Å². The number of nitrogens with zero attached hydrogens (tertiary/aromatic N) is 1. The molecule has 2 aliphatic heterocycles. The third-order valence-corrected chi connectivity index (χ3v) is 5.44. The highest BCUT2D eigenvalue weighted by Crippen LogP contribution is 2.39. The molecule has 100 valence electrons. The minimum absolute atomic E-state index is 0.706. The van der Waals surface area contributed by atoms with Crippen LogP contribution in [0.4, 0.5) is 0 Å². The molecule has 2 saturated heterocycles. The molecule has 2 heterocycles. The Labute approximate surface area is 111 Å². The van der Waals surface area contributed by atoms with Crippen LogP contribution in [-0.4, -0.2) is 49.1 Å². The number of hydrogen-bond donors (Lipinski definition) is 1. The van der Waals surface area contributed by atoms with Gasteiger partial charge in [-0.3, -0.25) is 0 Å². The summed E-state index contributed by atoms with van der Waals surface area (Å²) in [6.07, 6.45) is 7.20. The first-order valence-electron chi connectivity index (χ1n) is 7.35. The summed E-state index contributed by atoms with van der Waals surface area (Å²) in [4.78, 5) is 2.71. The van der Waals surface area contributed by atoms with E-state index in [1.807, 2.05) is 0 Å². The van der Waals surface area contributed by atoms with E-state index >= 15 is 0 Å². The van der Waals surface area contributed by atoms with Gasteiger partial charge >= 0.3 is 0 Å². The van der Waals surface area contributed by atoms with Gasteiger partial charge in [0.15, 0.2) is 0 Å². The molecule has 2 aliphatic rings. The van der Waals surface area contributed by atoms with Crippen LogP contribution in [0.2, 0.25) is 0 Å². The molecular weight excluding hydrogens is 228 g/mol. The summed E-state index contributed by atoms with van der Waals surface area (Å²) in [5.41, 5.74) is 0.706. The van der Waals surface area contributed by atoms with Gasteiger partial charge in [0.25, 0.3) is 0 Å². The van der Waals surface area contributed by atoms with Crippen LogP contribution in [0.15, 0.2) is 0 Å². The molecule has 0 radical (unpaired) electrons. The number of likely N-dealkylation sites (tertiary alicyclic amines) is 1. The lowest BCUT2D eigenvalue weighted by molar-refractivity contribution is 0.169. The lowest BCUT2D eigenvalue weighted by Crippen LogP contribution is -2.37. The topological polar surface area (TPSA) is 15.3 Å². The van der Waals surface area contributed by atoms with Gasteiger partial charge in [0.05, 0.1) is 0 Å². The highest BCUT2D eigenvalue weighted by molar-refractivity contribution is 7.99. The summed E-state index contributed by atoms with van der Waals surface area (Å²) in [5, 5.41) is 3.51. The molecule has 17 heavy (non-hydrogen) atoms. The molecule has 2 nitrogen and oxygen atoms in total. The lowest BCUT2D eigenvalue weighted by atomic mass is 9.73. The number of piperidine rings is 1. The van der Waals surface area contributed by atoms with Crippen LogP contribution in [0.5, 0.6) is 0 Å². The van der Waals surface area contributed by atoms with Gasteiger partial charge in [0, 0.05) is 12.3 Å². The van der Waals surface area contributed by atoms with Crippen molar-refractivity contribution in [3.63, 3.8) is 0 Å². The monoisotopic (exact) mass is 256 g/mol. The van der Waals surface area contributed by atoms with Crippen molar-refractivity contribution in [3.05, 3.63) is 0 Å². The van der Waals surface area contributed by atoms with Gasteiger partial charge in [-0.15, -0.1) is 0 Å². The van der Waals surface area contributed by atoms with Gasteiger partial charge in [-0.05, 0) is 69.5 Å². The molecule has 1 spiro atoms. The van der Waals surface area contributed by atoms with Gasteiger partial charge in [0.2, 0.25) is 0 Å². The molecule has 2 rings (SSSR count). The van der Waals surface area contributed by atoms with E-state index in [1.165, 1.54) is 76.3 Å². The summed E-state index contributed by atoms with van der Waals surface area (Å²) >= 11 is 2.08. The van der Waals surface area contributed by atoms with E-state index in [2.05, 4.69) is 28.9 Å². The van der Waals surface area contributed by atoms with Gasteiger partial charge in [-0.2, -0.15) is 11.8 Å². The minimum Gasteiger partial charge on any atom is -0.317 e. The smallest absolute Gasteiger partial charge is 0.00723 e. The largest absolute Gasteiger partial charge is 0.317 e. The van der Waals surface area contributed by atoms with Gasteiger partial charge in [-0.25, -0.2) is 0 Å². The Hall–Kier alpha value is 0.270. The second-order valence-corrected chi connectivity index (χ2v) is 7.04. The molecular formula is C14H28N2S. The van der Waals surface area contributed by atoms with Gasteiger partial charge in [-0.1, -0.05) is 6.92 Å². The van der Waals surface area contributed by atoms with Crippen molar-refractivity contribution < 1.29 is 0 Å². The molecule has 0 aromatic carbocycles. The normalized spacial score (nSPS) is 25.9. The van der Waals surface area contributed by atoms with E-state index in [0.717, 1.165) is 0 Å². The molecule has 3 heteroatoms. The fraction of sp³-hybridized carbons (Fsp3) is 1.00. The zero-order chi connectivity index (χ0) is 12.0. The average Bonchev–Trinajstić information content (AvgIpc) is 2.54. The van der Waals surface area contributed by atoms with Crippen molar-refractivity contribution in [2.24, 2.45) is 5.41 Å². The van der Waals surface area contributed by atoms with Crippen molar-refractivity contribution in [1.82, 2.24) is 10.2 Å². The second kappa shape index (κ2) is 7.01. The van der Waals surface area contributed by atoms with E-state index in [-0.39, 0.29) is 0 Å². The third kappa shape index (κ3) is 4.15. The number of hydrogen-bond acceptors (Lipinski definition) is 3. The quantitative estimate of drug-likeness (QED) is 0.778. The average molecular weight is 256 g/mol. The molecule has 0 unspecified atom stereocenters. The van der Waals surface area contributed by atoms with Crippen LogP contribution < -0.4 is 5.32 Å². The van der Waals surface area contributed by atoms with Crippen molar-refractivity contribution in [2.75, 3.05) is 44.2 Å². The molecule has 0 aliphatic carbocycles. The van der Waals surface area contributed by atoms with Crippen LogP contribution in [0, 0.1) is 5.41 Å². The SMILES string of the molecule is CCSCCN1CCCC2(CCNCC2)CC1. The van der Waals surface area contributed by atoms with Crippen LogP contribution >= 0.6 is 11.8 Å². The summed E-state index contributed by atoms with van der Waals surface area (Å²) in [6.45, 7) is 8.78. The Bertz CT molecular complexity index is 214. The molecule has 0 atom stereocenters.